The number of aliphatic hydroxyl groups excluding tert-OH is 1. The summed E-state index contributed by atoms with van der Waals surface area (Å²) >= 11 is 0. The Hall–Kier alpha value is -4.03. The number of rotatable bonds is 10. The van der Waals surface area contributed by atoms with Crippen molar-refractivity contribution in [2.24, 2.45) is 5.92 Å². The summed E-state index contributed by atoms with van der Waals surface area (Å²) in [5, 5.41) is 11.6. The van der Waals surface area contributed by atoms with Crippen LogP contribution in [0.5, 0.6) is 5.75 Å². The highest BCUT2D eigenvalue weighted by atomic mass is 32.2. The van der Waals surface area contributed by atoms with E-state index in [0.717, 1.165) is 37.1 Å². The quantitative estimate of drug-likeness (QED) is 0.359. The molecule has 1 heterocycles. The summed E-state index contributed by atoms with van der Waals surface area (Å²) in [5.41, 5.74) is -0.00443. The Balaban J connectivity index is 1.44. The largest absolute Gasteiger partial charge is 0.396 e. The van der Waals surface area contributed by atoms with E-state index in [1.165, 1.54) is 48.5 Å². The Morgan fingerprint density at radius 1 is 0.975 bits per heavy atom. The molecule has 3 aromatic rings. The minimum Gasteiger partial charge on any atom is -0.396 e. The Kier molecular flexibility index (Phi) is 9.33. The van der Waals surface area contributed by atoms with Crippen LogP contribution in [0, 0.1) is 17.6 Å². The van der Waals surface area contributed by atoms with Gasteiger partial charge in [-0.05, 0) is 85.8 Å². The molecule has 0 radical (unpaired) electrons. The second-order valence-corrected chi connectivity index (χ2v) is 11.1. The fraction of sp³-hybridized carbons (Fsp3) is 0.286. The number of likely N-dealkylation sites (tertiary alicyclic amines) is 1. The first-order valence-electron chi connectivity index (χ1n) is 12.7. The van der Waals surface area contributed by atoms with Gasteiger partial charge in [-0.15, -0.1) is 0 Å². The van der Waals surface area contributed by atoms with Crippen molar-refractivity contribution < 1.29 is 36.7 Å². The van der Waals surface area contributed by atoms with E-state index in [2.05, 4.69) is 5.32 Å². The normalized spacial score (nSPS) is 14.0. The minimum atomic E-state index is -4.43. The molecule has 2 amide bonds. The molecule has 40 heavy (non-hydrogen) atoms. The van der Waals surface area contributed by atoms with E-state index in [1.54, 1.807) is 4.90 Å². The molecule has 1 fully saturated rings. The van der Waals surface area contributed by atoms with Gasteiger partial charge in [0.05, 0.1) is 17.1 Å². The van der Waals surface area contributed by atoms with Gasteiger partial charge in [-0.2, -0.15) is 8.42 Å². The van der Waals surface area contributed by atoms with Crippen LogP contribution < -0.4 is 14.6 Å². The Morgan fingerprint density at radius 3 is 2.27 bits per heavy atom. The second-order valence-electron chi connectivity index (χ2n) is 9.30. The lowest BCUT2D eigenvalue weighted by atomic mass is 9.94. The van der Waals surface area contributed by atoms with Crippen molar-refractivity contribution in [2.45, 2.75) is 24.2 Å². The van der Waals surface area contributed by atoms with Crippen molar-refractivity contribution in [3.8, 4) is 5.75 Å². The fourth-order valence-corrected chi connectivity index (χ4v) is 5.57. The molecule has 212 valence electrons. The van der Waals surface area contributed by atoms with Crippen LogP contribution in [0.3, 0.4) is 0 Å². The van der Waals surface area contributed by atoms with Crippen LogP contribution in [0.1, 0.15) is 29.6 Å². The topological polar surface area (TPSA) is 116 Å². The van der Waals surface area contributed by atoms with Crippen molar-refractivity contribution in [1.29, 1.82) is 0 Å². The van der Waals surface area contributed by atoms with E-state index in [-0.39, 0.29) is 41.0 Å². The summed E-state index contributed by atoms with van der Waals surface area (Å²) < 4.78 is 54.8. The van der Waals surface area contributed by atoms with Gasteiger partial charge >= 0.3 is 0 Å². The van der Waals surface area contributed by atoms with Crippen LogP contribution in [-0.4, -0.2) is 56.5 Å². The zero-order chi connectivity index (χ0) is 28.7. The lowest BCUT2D eigenvalue weighted by Crippen LogP contribution is -2.44. The molecule has 4 rings (SSSR count). The molecule has 3 aromatic carbocycles. The fourth-order valence-electron chi connectivity index (χ4n) is 4.32. The summed E-state index contributed by atoms with van der Waals surface area (Å²) in [7, 11) is -4.43. The molecule has 0 aliphatic carbocycles. The average molecular weight is 574 g/mol. The number of anilines is 1. The highest BCUT2D eigenvalue weighted by molar-refractivity contribution is 7.92. The number of hydrogen-bond acceptors (Lipinski definition) is 6. The smallest absolute Gasteiger partial charge is 0.295 e. The van der Waals surface area contributed by atoms with Crippen molar-refractivity contribution in [2.75, 3.05) is 30.7 Å². The Morgan fingerprint density at radius 2 is 1.65 bits per heavy atom. The van der Waals surface area contributed by atoms with Crippen molar-refractivity contribution in [3.05, 3.63) is 90.0 Å². The maximum Gasteiger partial charge on any atom is 0.295 e. The third-order valence-electron chi connectivity index (χ3n) is 6.56. The van der Waals surface area contributed by atoms with Crippen LogP contribution in [0.15, 0.2) is 77.7 Å². The number of carbonyl (C=O) groups excluding carboxylic acids is 2. The van der Waals surface area contributed by atoms with E-state index in [0.29, 0.717) is 29.9 Å². The lowest BCUT2D eigenvalue weighted by molar-refractivity contribution is -0.131. The van der Waals surface area contributed by atoms with E-state index in [9.17, 15) is 26.8 Å². The number of carbonyl (C=O) groups is 2. The van der Waals surface area contributed by atoms with Crippen LogP contribution in [-0.2, 0) is 14.8 Å². The first-order chi connectivity index (χ1) is 19.2. The van der Waals surface area contributed by atoms with Gasteiger partial charge in [-0.1, -0.05) is 10.5 Å². The Labute approximate surface area is 231 Å². The molecule has 2 N–H and O–H groups in total. The maximum atomic E-state index is 13.9. The molecular formula is C28H29F2N3O6S. The van der Waals surface area contributed by atoms with Crippen LogP contribution >= 0.6 is 0 Å². The highest BCUT2D eigenvalue weighted by Gasteiger charge is 2.29. The molecule has 0 atom stereocenters. The number of benzene rings is 3. The number of nitrogens with one attached hydrogen (secondary N) is 1. The molecule has 1 aliphatic heterocycles. The summed E-state index contributed by atoms with van der Waals surface area (Å²) in [5.74, 6) is -1.65. The van der Waals surface area contributed by atoms with Gasteiger partial charge in [0, 0.05) is 31.3 Å². The van der Waals surface area contributed by atoms with Crippen molar-refractivity contribution in [3.63, 3.8) is 0 Å². The highest BCUT2D eigenvalue weighted by Crippen LogP contribution is 2.27. The predicted octanol–water partition coefficient (Wildman–Crippen LogP) is 3.50. The molecule has 1 aliphatic rings. The molecule has 0 saturated carbocycles. The Bertz CT molecular complexity index is 1430. The van der Waals surface area contributed by atoms with Crippen LogP contribution in [0.2, 0.25) is 0 Å². The van der Waals surface area contributed by atoms with Crippen molar-refractivity contribution in [1.82, 2.24) is 10.2 Å². The lowest BCUT2D eigenvalue weighted by Gasteiger charge is -2.31. The standard InChI is InChI=1S/C28H29F2N3O6S/c29-22-6-8-25(9-7-22)39-33(24-3-1-2-23(30)18-24)40(37,38)26-10-4-21(5-11-26)28(36)31-19-27(35)32-15-12-20(13-16-32)14-17-34/h1-11,18,20,34H,12-17,19H2,(H,31,36). The zero-order valence-electron chi connectivity index (χ0n) is 21.5. The van der Waals surface area contributed by atoms with Gasteiger partial charge in [-0.25, -0.2) is 8.78 Å². The van der Waals surface area contributed by atoms with Crippen LogP contribution in [0.25, 0.3) is 0 Å². The number of amides is 2. The molecule has 1 saturated heterocycles. The summed E-state index contributed by atoms with van der Waals surface area (Å²) in [6.45, 7) is 1.04. The van der Waals surface area contributed by atoms with E-state index in [4.69, 9.17) is 9.94 Å². The molecule has 0 spiro atoms. The van der Waals surface area contributed by atoms with Crippen LogP contribution in [0.4, 0.5) is 14.5 Å². The summed E-state index contributed by atoms with van der Waals surface area (Å²) in [6, 6.07) is 14.3. The molecular weight excluding hydrogens is 544 g/mol. The zero-order valence-corrected chi connectivity index (χ0v) is 22.3. The summed E-state index contributed by atoms with van der Waals surface area (Å²) in [4.78, 5) is 32.1. The SMILES string of the molecule is O=C(NCC(=O)N1CCC(CCO)CC1)c1ccc(S(=O)(=O)N(Oc2ccc(F)cc2)c2cccc(F)c2)cc1. The van der Waals surface area contributed by atoms with Gasteiger partial charge < -0.3 is 20.2 Å². The minimum absolute atomic E-state index is 0.00692. The maximum absolute atomic E-state index is 13.9. The van der Waals surface area contributed by atoms with E-state index in [1.807, 2.05) is 0 Å². The van der Waals surface area contributed by atoms with E-state index >= 15 is 0 Å². The number of nitrogens with zero attached hydrogens (tertiary/aromatic N) is 2. The molecule has 0 unspecified atom stereocenters. The number of sulfonamides is 1. The second kappa shape index (κ2) is 12.9. The number of hydrogen-bond donors (Lipinski definition) is 2. The molecule has 0 bridgehead atoms. The number of halogens is 2. The summed E-state index contributed by atoms with van der Waals surface area (Å²) in [6.07, 6.45) is 2.31. The third kappa shape index (κ3) is 7.13. The molecule has 0 aromatic heterocycles. The van der Waals surface area contributed by atoms with Gasteiger partial charge in [0.2, 0.25) is 5.91 Å². The van der Waals surface area contributed by atoms with Crippen molar-refractivity contribution >= 4 is 27.5 Å². The molecule has 9 nitrogen and oxygen atoms in total. The monoisotopic (exact) mass is 573 g/mol. The van der Waals surface area contributed by atoms with Gasteiger partial charge in [-0.3, -0.25) is 9.59 Å². The van der Waals surface area contributed by atoms with Gasteiger partial charge in [0.1, 0.15) is 11.6 Å². The number of aliphatic hydroxyl groups is 1. The third-order valence-corrected chi connectivity index (χ3v) is 8.15. The first kappa shape index (κ1) is 29.0. The average Bonchev–Trinajstić information content (AvgIpc) is 2.96. The van der Waals surface area contributed by atoms with Gasteiger partial charge in [0.25, 0.3) is 15.9 Å². The van der Waals surface area contributed by atoms with E-state index < -0.39 is 27.6 Å². The first-order valence-corrected chi connectivity index (χ1v) is 14.1. The predicted molar refractivity (Wildman–Crippen MR) is 143 cm³/mol. The number of piperidine rings is 1. The molecule has 12 heteroatoms. The van der Waals surface area contributed by atoms with Gasteiger partial charge in [0.15, 0.2) is 5.75 Å².